The van der Waals surface area contributed by atoms with Crippen LogP contribution < -0.4 is 0 Å². The molecule has 0 aromatic carbocycles. The molecule has 0 saturated carbocycles. The van der Waals surface area contributed by atoms with Crippen molar-refractivity contribution in [3.8, 4) is 0 Å². The van der Waals surface area contributed by atoms with Gasteiger partial charge in [0, 0.05) is 25.7 Å². The van der Waals surface area contributed by atoms with Crippen LogP contribution in [0.5, 0.6) is 0 Å². The number of unbranched alkanes of at least 4 members (excludes halogenated alkanes) is 38. The van der Waals surface area contributed by atoms with Crippen LogP contribution in [0.25, 0.3) is 0 Å². The molecule has 0 fully saturated rings. The summed E-state index contributed by atoms with van der Waals surface area (Å²) in [5, 5.41) is 10.6. The Kier molecular flexibility index (Phi) is 59.9. The zero-order valence-corrected chi connectivity index (χ0v) is 58.8. The summed E-state index contributed by atoms with van der Waals surface area (Å²) in [6.07, 6.45) is 45.8. The van der Waals surface area contributed by atoms with Crippen molar-refractivity contribution in [1.82, 2.24) is 0 Å². The summed E-state index contributed by atoms with van der Waals surface area (Å²) in [4.78, 5) is 72.4. The molecule has 19 heteroatoms. The van der Waals surface area contributed by atoms with Crippen LogP contribution in [0, 0.1) is 11.8 Å². The lowest BCUT2D eigenvalue weighted by Gasteiger charge is -2.21. The van der Waals surface area contributed by atoms with Crippen LogP contribution in [0.1, 0.15) is 350 Å². The van der Waals surface area contributed by atoms with Gasteiger partial charge in [0.15, 0.2) is 12.2 Å². The number of phosphoric ester groups is 2. The van der Waals surface area contributed by atoms with Crippen molar-refractivity contribution in [2.75, 3.05) is 39.6 Å². The molecule has 0 amide bonds. The smallest absolute Gasteiger partial charge is 0.462 e. The number of aliphatic hydroxyl groups excluding tert-OH is 1. The van der Waals surface area contributed by atoms with E-state index < -0.39 is 97.5 Å². The third-order valence-electron chi connectivity index (χ3n) is 16.0. The molecule has 0 heterocycles. The van der Waals surface area contributed by atoms with Gasteiger partial charge < -0.3 is 33.8 Å². The van der Waals surface area contributed by atoms with Gasteiger partial charge in [-0.2, -0.15) is 0 Å². The van der Waals surface area contributed by atoms with Gasteiger partial charge in [-0.1, -0.05) is 298 Å². The highest BCUT2D eigenvalue weighted by Gasteiger charge is 2.30. The maximum atomic E-state index is 13.0. The number of hydrogen-bond donors (Lipinski definition) is 3. The molecule has 3 N–H and O–H groups in total. The van der Waals surface area contributed by atoms with Gasteiger partial charge >= 0.3 is 39.5 Å². The number of carbonyl (C=O) groups is 4. The molecule has 0 rings (SSSR count). The van der Waals surface area contributed by atoms with E-state index >= 15 is 0 Å². The maximum Gasteiger partial charge on any atom is 0.472 e. The number of rotatable bonds is 68. The summed E-state index contributed by atoms with van der Waals surface area (Å²) in [5.74, 6) is -0.569. The Bertz CT molecular complexity index is 1720. The first-order valence-electron chi connectivity index (χ1n) is 36.0. The van der Waals surface area contributed by atoms with Gasteiger partial charge in [0.25, 0.3) is 0 Å². The Morgan fingerprint density at radius 1 is 0.307 bits per heavy atom. The van der Waals surface area contributed by atoms with E-state index in [2.05, 4.69) is 41.5 Å². The summed E-state index contributed by atoms with van der Waals surface area (Å²) in [5.41, 5.74) is 0. The van der Waals surface area contributed by atoms with Gasteiger partial charge in [-0.05, 0) is 37.5 Å². The fourth-order valence-electron chi connectivity index (χ4n) is 10.4. The molecule has 0 aliphatic rings. The van der Waals surface area contributed by atoms with E-state index in [0.29, 0.717) is 25.7 Å². The minimum absolute atomic E-state index is 0.106. The Hall–Kier alpha value is -1.94. The summed E-state index contributed by atoms with van der Waals surface area (Å²) in [7, 11) is -9.89. The van der Waals surface area contributed by atoms with Crippen LogP contribution in [-0.4, -0.2) is 96.7 Å². The molecule has 522 valence electrons. The summed E-state index contributed by atoms with van der Waals surface area (Å²) in [6.45, 7) is 9.53. The third-order valence-corrected chi connectivity index (χ3v) is 17.9. The standard InChI is InChI=1S/C69H134O17P2/c1-7-9-11-13-15-25-33-39-45-51-66(71)79-57-64(85-68(73)53-47-41-35-26-16-14-12-10-8-2)59-83-87(75,76)81-55-63(70)56-82-88(77,78)84-60-65(86-69(74)54-48-42-36-30-24-20-18-22-28-32-38-44-50-62(5)6)58-80-67(72)52-46-40-34-29-23-19-17-21-27-31-37-43-49-61(3)4/h61-65,70H,7-60H2,1-6H3,(H,75,76)(H,77,78)/t63-,64+,65+/m0/s1. The normalized spacial score (nSPS) is 14.2. The van der Waals surface area contributed by atoms with Gasteiger partial charge in [0.1, 0.15) is 19.3 Å². The Morgan fingerprint density at radius 2 is 0.523 bits per heavy atom. The molecule has 0 aromatic rings. The molecule has 5 atom stereocenters. The fraction of sp³-hybridized carbons (Fsp3) is 0.942. The first-order valence-corrected chi connectivity index (χ1v) is 39.0. The molecule has 0 aromatic heterocycles. The Labute approximate surface area is 537 Å². The van der Waals surface area contributed by atoms with Crippen LogP contribution >= 0.6 is 15.6 Å². The number of esters is 4. The van der Waals surface area contributed by atoms with E-state index in [4.69, 9.17) is 37.0 Å². The van der Waals surface area contributed by atoms with Gasteiger partial charge in [0.05, 0.1) is 26.4 Å². The van der Waals surface area contributed by atoms with Crippen molar-refractivity contribution in [2.24, 2.45) is 11.8 Å². The second-order valence-corrected chi connectivity index (χ2v) is 28.8. The maximum absolute atomic E-state index is 13.0. The van der Waals surface area contributed by atoms with Gasteiger partial charge in [-0.15, -0.1) is 0 Å². The second kappa shape index (κ2) is 61.3. The van der Waals surface area contributed by atoms with Crippen LogP contribution in [0.4, 0.5) is 0 Å². The minimum atomic E-state index is -4.95. The van der Waals surface area contributed by atoms with Crippen LogP contribution in [0.15, 0.2) is 0 Å². The predicted molar refractivity (Wildman–Crippen MR) is 354 cm³/mol. The molecule has 0 aliphatic heterocycles. The fourth-order valence-corrected chi connectivity index (χ4v) is 12.0. The quantitative estimate of drug-likeness (QED) is 0.0222. The number of ether oxygens (including phenoxy) is 4. The Morgan fingerprint density at radius 3 is 0.773 bits per heavy atom. The molecule has 0 spiro atoms. The third kappa shape index (κ3) is 62.8. The lowest BCUT2D eigenvalue weighted by atomic mass is 10.0. The van der Waals surface area contributed by atoms with E-state index in [1.54, 1.807) is 0 Å². The summed E-state index contributed by atoms with van der Waals surface area (Å²) in [6, 6.07) is 0. The second-order valence-electron chi connectivity index (χ2n) is 25.9. The highest BCUT2D eigenvalue weighted by atomic mass is 31.2. The van der Waals surface area contributed by atoms with Crippen molar-refractivity contribution >= 4 is 39.5 Å². The van der Waals surface area contributed by atoms with Crippen molar-refractivity contribution in [3.63, 3.8) is 0 Å². The van der Waals surface area contributed by atoms with Crippen molar-refractivity contribution in [2.45, 2.75) is 368 Å². The van der Waals surface area contributed by atoms with Crippen LogP contribution in [-0.2, 0) is 65.4 Å². The van der Waals surface area contributed by atoms with Crippen molar-refractivity contribution in [3.05, 3.63) is 0 Å². The first kappa shape index (κ1) is 86.1. The lowest BCUT2D eigenvalue weighted by molar-refractivity contribution is -0.161. The van der Waals surface area contributed by atoms with Gasteiger partial charge in [-0.3, -0.25) is 37.3 Å². The highest BCUT2D eigenvalue weighted by molar-refractivity contribution is 7.47. The van der Waals surface area contributed by atoms with Crippen LogP contribution in [0.3, 0.4) is 0 Å². The lowest BCUT2D eigenvalue weighted by Crippen LogP contribution is -2.30. The molecule has 0 bridgehead atoms. The first-order chi connectivity index (χ1) is 42.4. The van der Waals surface area contributed by atoms with E-state index in [-0.39, 0.29) is 25.7 Å². The molecule has 0 radical (unpaired) electrons. The van der Waals surface area contributed by atoms with E-state index in [0.717, 1.165) is 102 Å². The van der Waals surface area contributed by atoms with Gasteiger partial charge in [-0.25, -0.2) is 9.13 Å². The number of carbonyl (C=O) groups excluding carboxylic acids is 4. The molecule has 17 nitrogen and oxygen atoms in total. The average Bonchev–Trinajstić information content (AvgIpc) is 3.69. The average molecular weight is 1300 g/mol. The van der Waals surface area contributed by atoms with E-state index in [1.165, 1.54) is 167 Å². The molecule has 0 saturated heterocycles. The number of hydrogen-bond acceptors (Lipinski definition) is 15. The molecular formula is C69H134O17P2. The van der Waals surface area contributed by atoms with Crippen LogP contribution in [0.2, 0.25) is 0 Å². The largest absolute Gasteiger partial charge is 0.472 e. The SMILES string of the molecule is CCCCCCCCCCCC(=O)OC[C@H](COP(=O)(O)OC[C@H](O)COP(=O)(O)OC[C@@H](COC(=O)CCCCCCCCCCCCCCC(C)C)OC(=O)CCCCCCCCCCCCCCC(C)C)OC(=O)CCCCCCCCCCC. The number of aliphatic hydroxyl groups is 1. The summed E-state index contributed by atoms with van der Waals surface area (Å²) < 4.78 is 68.2. The molecular weight excluding hydrogens is 1160 g/mol. The van der Waals surface area contributed by atoms with E-state index in [9.17, 15) is 43.2 Å². The zero-order valence-electron chi connectivity index (χ0n) is 57.0. The summed E-state index contributed by atoms with van der Waals surface area (Å²) >= 11 is 0. The highest BCUT2D eigenvalue weighted by Crippen LogP contribution is 2.45. The molecule has 0 aliphatic carbocycles. The van der Waals surface area contributed by atoms with E-state index in [1.807, 2.05) is 0 Å². The predicted octanol–water partition coefficient (Wildman–Crippen LogP) is 19.6. The molecule has 2 unspecified atom stereocenters. The zero-order chi connectivity index (χ0) is 65.0. The number of phosphoric acid groups is 2. The van der Waals surface area contributed by atoms with Crippen molar-refractivity contribution < 1.29 is 80.2 Å². The monoisotopic (exact) mass is 1300 g/mol. The molecule has 88 heavy (non-hydrogen) atoms. The van der Waals surface area contributed by atoms with Crippen molar-refractivity contribution in [1.29, 1.82) is 0 Å². The topological polar surface area (TPSA) is 237 Å². The Balaban J connectivity index is 5.22. The van der Waals surface area contributed by atoms with Gasteiger partial charge in [0.2, 0.25) is 0 Å². The minimum Gasteiger partial charge on any atom is -0.462 e.